The molecule has 1 fully saturated rings. The Morgan fingerprint density at radius 1 is 1.19 bits per heavy atom. The largest absolute Gasteiger partial charge is 0.501 e. The van der Waals surface area contributed by atoms with Gasteiger partial charge in [0.25, 0.3) is 15.8 Å². The molecule has 1 saturated heterocycles. The second-order valence-electron chi connectivity index (χ2n) is 6.48. The van der Waals surface area contributed by atoms with Crippen LogP contribution < -0.4 is 10.1 Å². The van der Waals surface area contributed by atoms with Crippen LogP contribution in [-0.2, 0) is 16.3 Å². The van der Waals surface area contributed by atoms with E-state index in [0.29, 0.717) is 18.9 Å². The fourth-order valence-electron chi connectivity index (χ4n) is 3.21. The van der Waals surface area contributed by atoms with Gasteiger partial charge in [0.15, 0.2) is 0 Å². The predicted molar refractivity (Wildman–Crippen MR) is 81.0 cm³/mol. The van der Waals surface area contributed by atoms with Crippen molar-refractivity contribution < 1.29 is 45.3 Å². The average Bonchev–Trinajstić information content (AvgIpc) is 2.79. The molecule has 6 nitrogen and oxygen atoms in total. The normalized spacial score (nSPS) is 28.0. The number of ether oxygens (including phenoxy) is 1. The summed E-state index contributed by atoms with van der Waals surface area (Å²) in [6.07, 6.45) is -4.50. The lowest BCUT2D eigenvalue weighted by molar-refractivity contribution is -0.0979. The van der Waals surface area contributed by atoms with E-state index in [9.17, 15) is 40.6 Å². The Bertz CT molecular complexity index is 834. The van der Waals surface area contributed by atoms with Gasteiger partial charge in [-0.15, -0.1) is 0 Å². The van der Waals surface area contributed by atoms with E-state index in [1.165, 1.54) is 0 Å². The highest BCUT2D eigenvalue weighted by atomic mass is 32.2. The van der Waals surface area contributed by atoms with Gasteiger partial charge in [0.05, 0.1) is 4.90 Å². The van der Waals surface area contributed by atoms with Gasteiger partial charge in [-0.25, -0.2) is 17.2 Å². The molecule has 3 atom stereocenters. The van der Waals surface area contributed by atoms with E-state index in [1.807, 2.05) is 0 Å². The van der Waals surface area contributed by atoms with E-state index in [-0.39, 0.29) is 12.3 Å². The smallest absolute Gasteiger partial charge is 0.489 e. The second-order valence-corrected chi connectivity index (χ2v) is 8.39. The van der Waals surface area contributed by atoms with Crippen LogP contribution in [0.5, 0.6) is 5.75 Å². The minimum Gasteiger partial charge on any atom is -0.489 e. The summed E-state index contributed by atoms with van der Waals surface area (Å²) in [5.41, 5.74) is -7.16. The van der Waals surface area contributed by atoms with Crippen LogP contribution in [0.4, 0.5) is 22.0 Å². The molecule has 0 aromatic heterocycles. The van der Waals surface area contributed by atoms with E-state index >= 15 is 0 Å². The SMILES string of the molecule is O=S(=O)(c1ccc(O[C@@H]2CCC(O)NC2)c2c1[C@H](O)C(F)(F)C2)C(F)(F)F. The molecule has 3 rings (SSSR count). The van der Waals surface area contributed by atoms with Crippen LogP contribution in [0.2, 0.25) is 0 Å². The number of alkyl halides is 5. The Hall–Kier alpha value is -1.50. The van der Waals surface area contributed by atoms with Crippen LogP contribution in [-0.4, -0.2) is 48.9 Å². The molecular weight excluding hydrogens is 401 g/mol. The topological polar surface area (TPSA) is 95.9 Å². The zero-order valence-electron chi connectivity index (χ0n) is 13.6. The van der Waals surface area contributed by atoms with Gasteiger partial charge >= 0.3 is 5.51 Å². The van der Waals surface area contributed by atoms with Crippen LogP contribution in [0.25, 0.3) is 0 Å². The molecule has 12 heteroatoms. The van der Waals surface area contributed by atoms with Gasteiger partial charge in [-0.1, -0.05) is 0 Å². The van der Waals surface area contributed by atoms with E-state index in [1.54, 1.807) is 0 Å². The minimum absolute atomic E-state index is 0.164. The second kappa shape index (κ2) is 6.54. The van der Waals surface area contributed by atoms with Gasteiger partial charge in [0.2, 0.25) is 0 Å². The first-order valence-corrected chi connectivity index (χ1v) is 9.44. The fraction of sp³-hybridized carbons (Fsp3) is 0.600. The summed E-state index contributed by atoms with van der Waals surface area (Å²) in [6, 6.07) is 1.41. The number of nitrogens with one attached hydrogen (secondary N) is 1. The van der Waals surface area contributed by atoms with Crippen molar-refractivity contribution in [1.29, 1.82) is 0 Å². The van der Waals surface area contributed by atoms with Crippen molar-refractivity contribution in [2.24, 2.45) is 0 Å². The molecule has 0 amide bonds. The highest BCUT2D eigenvalue weighted by Crippen LogP contribution is 2.50. The summed E-state index contributed by atoms with van der Waals surface area (Å²) in [5, 5.41) is 21.9. The van der Waals surface area contributed by atoms with Gasteiger partial charge in [-0.3, -0.25) is 5.32 Å². The molecule has 27 heavy (non-hydrogen) atoms. The maximum Gasteiger partial charge on any atom is 0.501 e. The molecule has 1 aromatic carbocycles. The van der Waals surface area contributed by atoms with Crippen LogP contribution in [0.1, 0.15) is 30.1 Å². The Kier molecular flexibility index (Phi) is 4.90. The fourth-order valence-corrected chi connectivity index (χ4v) is 4.23. The molecule has 1 aliphatic carbocycles. The van der Waals surface area contributed by atoms with Crippen molar-refractivity contribution in [2.45, 2.75) is 54.0 Å². The van der Waals surface area contributed by atoms with Crippen molar-refractivity contribution in [2.75, 3.05) is 6.54 Å². The summed E-state index contributed by atoms with van der Waals surface area (Å²) < 4.78 is 95.7. The van der Waals surface area contributed by atoms with Crippen LogP contribution in [0.15, 0.2) is 17.0 Å². The number of aliphatic hydroxyl groups excluding tert-OH is 2. The summed E-state index contributed by atoms with van der Waals surface area (Å²) in [5.74, 6) is -4.05. The van der Waals surface area contributed by atoms with Crippen LogP contribution >= 0.6 is 0 Å². The van der Waals surface area contributed by atoms with Crippen LogP contribution in [0.3, 0.4) is 0 Å². The van der Waals surface area contributed by atoms with E-state index in [0.717, 1.165) is 6.07 Å². The summed E-state index contributed by atoms with van der Waals surface area (Å²) in [7, 11) is -5.94. The number of piperidine rings is 1. The molecule has 1 heterocycles. The number of aliphatic hydroxyl groups is 2. The lowest BCUT2D eigenvalue weighted by Gasteiger charge is -2.28. The Morgan fingerprint density at radius 2 is 1.85 bits per heavy atom. The zero-order valence-corrected chi connectivity index (χ0v) is 14.4. The average molecular weight is 417 g/mol. The van der Waals surface area contributed by atoms with Crippen molar-refractivity contribution in [3.8, 4) is 5.75 Å². The number of rotatable bonds is 3. The number of sulfone groups is 1. The van der Waals surface area contributed by atoms with E-state index < -0.39 is 62.1 Å². The standard InChI is InChI=1S/C15H16F5NO5S/c16-14(17)5-8-9(26-7-1-4-11(22)21-6-7)2-3-10(12(8)13(14)23)27(24,25)15(18,19)20/h2-3,7,11,13,21-23H,1,4-6H2/t7-,11?,13+/m1/s1. The summed E-state index contributed by atoms with van der Waals surface area (Å²) >= 11 is 0. The Balaban J connectivity index is 2.05. The highest BCUT2D eigenvalue weighted by molar-refractivity contribution is 7.92. The van der Waals surface area contributed by atoms with E-state index in [4.69, 9.17) is 4.74 Å². The van der Waals surface area contributed by atoms with Gasteiger partial charge in [0.1, 0.15) is 24.2 Å². The zero-order chi connectivity index (χ0) is 20.2. The van der Waals surface area contributed by atoms with Crippen molar-refractivity contribution >= 4 is 9.84 Å². The number of hydrogen-bond acceptors (Lipinski definition) is 6. The highest BCUT2D eigenvalue weighted by Gasteiger charge is 2.55. The van der Waals surface area contributed by atoms with Crippen molar-refractivity contribution in [1.82, 2.24) is 5.32 Å². The van der Waals surface area contributed by atoms with Gasteiger partial charge < -0.3 is 14.9 Å². The monoisotopic (exact) mass is 417 g/mol. The summed E-state index contributed by atoms with van der Waals surface area (Å²) in [6.45, 7) is 0.164. The number of fused-ring (bicyclic) bond motifs is 1. The molecule has 152 valence electrons. The molecule has 1 aliphatic heterocycles. The molecule has 1 aromatic rings. The first-order valence-electron chi connectivity index (χ1n) is 7.95. The van der Waals surface area contributed by atoms with E-state index in [2.05, 4.69) is 5.32 Å². The molecular formula is C15H16F5NO5S. The molecule has 3 N–H and O–H groups in total. The quantitative estimate of drug-likeness (QED) is 0.648. The third-order valence-electron chi connectivity index (χ3n) is 4.59. The molecule has 0 spiro atoms. The first-order chi connectivity index (χ1) is 12.3. The van der Waals surface area contributed by atoms with Gasteiger partial charge in [-0.2, -0.15) is 13.2 Å². The first kappa shape index (κ1) is 20.2. The number of benzene rings is 1. The summed E-state index contributed by atoms with van der Waals surface area (Å²) in [4.78, 5) is -1.40. The van der Waals surface area contributed by atoms with Crippen molar-refractivity contribution in [3.63, 3.8) is 0 Å². The molecule has 0 saturated carbocycles. The lowest BCUT2D eigenvalue weighted by Crippen LogP contribution is -2.43. The van der Waals surface area contributed by atoms with Gasteiger partial charge in [-0.05, 0) is 25.0 Å². The predicted octanol–water partition coefficient (Wildman–Crippen LogP) is 1.65. The third kappa shape index (κ3) is 3.50. The Labute approximate surface area is 150 Å². The van der Waals surface area contributed by atoms with Gasteiger partial charge in [0, 0.05) is 24.1 Å². The van der Waals surface area contributed by atoms with Crippen molar-refractivity contribution in [3.05, 3.63) is 23.3 Å². The third-order valence-corrected chi connectivity index (χ3v) is 6.14. The molecule has 0 radical (unpaired) electrons. The maximum atomic E-state index is 14.0. The minimum atomic E-state index is -5.94. The van der Waals surface area contributed by atoms with Crippen LogP contribution in [0, 0.1) is 0 Å². The molecule has 2 aliphatic rings. The number of hydrogen-bond donors (Lipinski definition) is 3. The Morgan fingerprint density at radius 3 is 2.41 bits per heavy atom. The maximum absolute atomic E-state index is 14.0. The lowest BCUT2D eigenvalue weighted by atomic mass is 10.1. The molecule has 0 bridgehead atoms. The number of halogens is 5. The molecule has 1 unspecified atom stereocenters.